The molecule has 0 unspecified atom stereocenters. The number of amides is 1. The molecule has 25 heavy (non-hydrogen) atoms. The first-order chi connectivity index (χ1) is 12.0. The van der Waals surface area contributed by atoms with Crippen molar-refractivity contribution in [3.8, 4) is 0 Å². The summed E-state index contributed by atoms with van der Waals surface area (Å²) in [6.45, 7) is 6.78. The Balaban J connectivity index is 1.61. The number of benzene rings is 2. The van der Waals surface area contributed by atoms with Crippen molar-refractivity contribution in [2.45, 2.75) is 33.2 Å². The van der Waals surface area contributed by atoms with Gasteiger partial charge in [-0.05, 0) is 68.1 Å². The molecule has 0 spiro atoms. The number of likely N-dealkylation sites (tertiary alicyclic amines) is 1. The minimum atomic E-state index is 0.0426. The molecule has 1 saturated heterocycles. The van der Waals surface area contributed by atoms with Crippen LogP contribution in [0.25, 0.3) is 0 Å². The number of aryl methyl sites for hydroxylation is 2. The van der Waals surface area contributed by atoms with Crippen LogP contribution in [0.2, 0.25) is 5.02 Å². The van der Waals surface area contributed by atoms with Gasteiger partial charge in [-0.25, -0.2) is 0 Å². The quantitative estimate of drug-likeness (QED) is 0.852. The summed E-state index contributed by atoms with van der Waals surface area (Å²) >= 11 is 5.95. The largest absolute Gasteiger partial charge is 0.326 e. The molecule has 0 aliphatic carbocycles. The summed E-state index contributed by atoms with van der Waals surface area (Å²) in [4.78, 5) is 15.1. The second-order valence-electron chi connectivity index (χ2n) is 7.01. The van der Waals surface area contributed by atoms with Crippen LogP contribution in [0, 0.1) is 19.8 Å². The lowest BCUT2D eigenvalue weighted by molar-refractivity contribution is -0.121. The van der Waals surface area contributed by atoms with E-state index in [0.717, 1.165) is 54.3 Å². The number of nitrogens with zero attached hydrogens (tertiary/aromatic N) is 1. The molecule has 1 atom stereocenters. The number of rotatable bonds is 4. The van der Waals surface area contributed by atoms with E-state index in [-0.39, 0.29) is 11.8 Å². The fourth-order valence-electron chi connectivity index (χ4n) is 3.37. The lowest BCUT2D eigenvalue weighted by Crippen LogP contribution is -2.40. The molecule has 1 heterocycles. The number of carbonyl (C=O) groups excluding carboxylic acids is 1. The molecule has 2 aromatic carbocycles. The van der Waals surface area contributed by atoms with Crippen molar-refractivity contribution in [1.29, 1.82) is 0 Å². The second kappa shape index (κ2) is 8.03. The van der Waals surface area contributed by atoms with E-state index in [1.807, 2.05) is 32.0 Å². The normalized spacial score (nSPS) is 18.1. The molecule has 0 bridgehead atoms. The smallest absolute Gasteiger partial charge is 0.228 e. The Morgan fingerprint density at radius 2 is 1.96 bits per heavy atom. The van der Waals surface area contributed by atoms with Crippen molar-refractivity contribution in [2.75, 3.05) is 18.4 Å². The van der Waals surface area contributed by atoms with Crippen LogP contribution < -0.4 is 5.32 Å². The molecule has 3 nitrogen and oxygen atoms in total. The second-order valence-corrected chi connectivity index (χ2v) is 7.44. The summed E-state index contributed by atoms with van der Waals surface area (Å²) in [7, 11) is 0. The third-order valence-electron chi connectivity index (χ3n) is 4.85. The summed E-state index contributed by atoms with van der Waals surface area (Å²) in [5.41, 5.74) is 4.43. The van der Waals surface area contributed by atoms with E-state index in [1.165, 1.54) is 5.56 Å². The summed E-state index contributed by atoms with van der Waals surface area (Å²) in [6.07, 6.45) is 2.01. The lowest BCUT2D eigenvalue weighted by atomic mass is 9.96. The Kier molecular flexibility index (Phi) is 5.77. The number of nitrogens with one attached hydrogen (secondary N) is 1. The van der Waals surface area contributed by atoms with Crippen molar-refractivity contribution in [3.63, 3.8) is 0 Å². The maximum absolute atomic E-state index is 12.7. The van der Waals surface area contributed by atoms with E-state index < -0.39 is 0 Å². The van der Waals surface area contributed by atoms with Gasteiger partial charge in [0.1, 0.15) is 0 Å². The van der Waals surface area contributed by atoms with Crippen molar-refractivity contribution in [3.05, 3.63) is 64.2 Å². The van der Waals surface area contributed by atoms with Crippen LogP contribution in [0.4, 0.5) is 5.69 Å². The van der Waals surface area contributed by atoms with E-state index in [0.29, 0.717) is 0 Å². The number of carbonyl (C=O) groups is 1. The van der Waals surface area contributed by atoms with Crippen LogP contribution in [0.15, 0.2) is 42.5 Å². The van der Waals surface area contributed by atoms with Gasteiger partial charge in [-0.15, -0.1) is 0 Å². The molecular formula is C21H25ClN2O. The van der Waals surface area contributed by atoms with E-state index in [9.17, 15) is 4.79 Å². The Morgan fingerprint density at radius 1 is 1.20 bits per heavy atom. The van der Waals surface area contributed by atoms with Crippen molar-refractivity contribution in [1.82, 2.24) is 4.90 Å². The van der Waals surface area contributed by atoms with E-state index in [1.54, 1.807) is 0 Å². The Bertz CT molecular complexity index is 742. The zero-order chi connectivity index (χ0) is 17.8. The molecular weight excluding hydrogens is 332 g/mol. The van der Waals surface area contributed by atoms with Gasteiger partial charge in [-0.2, -0.15) is 0 Å². The number of anilines is 1. The highest BCUT2D eigenvalue weighted by Crippen LogP contribution is 2.23. The Hall–Kier alpha value is -1.84. The lowest BCUT2D eigenvalue weighted by Gasteiger charge is -2.32. The minimum Gasteiger partial charge on any atom is -0.326 e. The highest BCUT2D eigenvalue weighted by molar-refractivity contribution is 6.30. The molecule has 3 rings (SSSR count). The summed E-state index contributed by atoms with van der Waals surface area (Å²) < 4.78 is 0. The molecule has 2 aromatic rings. The first-order valence-electron chi connectivity index (χ1n) is 8.86. The highest BCUT2D eigenvalue weighted by Gasteiger charge is 2.26. The van der Waals surface area contributed by atoms with Gasteiger partial charge in [-0.3, -0.25) is 9.69 Å². The standard InChI is InChI=1S/C21H25ClN2O/c1-15-5-6-16(2)20(12-15)23-21(25)18-4-3-11-24(14-18)13-17-7-9-19(22)10-8-17/h5-10,12,18H,3-4,11,13-14H2,1-2H3,(H,23,25)/t18-/m1/s1. The van der Waals surface area contributed by atoms with Gasteiger partial charge < -0.3 is 5.32 Å². The van der Waals surface area contributed by atoms with Crippen LogP contribution in [0.5, 0.6) is 0 Å². The molecule has 1 N–H and O–H groups in total. The Labute approximate surface area is 155 Å². The van der Waals surface area contributed by atoms with Gasteiger partial charge in [0.15, 0.2) is 0 Å². The fraction of sp³-hybridized carbons (Fsp3) is 0.381. The van der Waals surface area contributed by atoms with Crippen LogP contribution in [-0.2, 0) is 11.3 Å². The van der Waals surface area contributed by atoms with Gasteiger partial charge in [0.05, 0.1) is 5.92 Å². The molecule has 1 aliphatic rings. The molecule has 1 aliphatic heterocycles. The molecule has 1 fully saturated rings. The van der Waals surface area contributed by atoms with Gasteiger partial charge >= 0.3 is 0 Å². The zero-order valence-corrected chi connectivity index (χ0v) is 15.6. The van der Waals surface area contributed by atoms with Crippen LogP contribution in [0.1, 0.15) is 29.5 Å². The monoisotopic (exact) mass is 356 g/mol. The van der Waals surface area contributed by atoms with E-state index in [4.69, 9.17) is 11.6 Å². The predicted octanol–water partition coefficient (Wildman–Crippen LogP) is 4.81. The third-order valence-corrected chi connectivity index (χ3v) is 5.10. The Morgan fingerprint density at radius 3 is 2.72 bits per heavy atom. The van der Waals surface area contributed by atoms with Gasteiger partial charge in [0.25, 0.3) is 0 Å². The van der Waals surface area contributed by atoms with Crippen molar-refractivity contribution < 1.29 is 4.79 Å². The molecule has 1 amide bonds. The predicted molar refractivity (Wildman–Crippen MR) is 104 cm³/mol. The number of hydrogen-bond acceptors (Lipinski definition) is 2. The first-order valence-corrected chi connectivity index (χ1v) is 9.24. The third kappa shape index (κ3) is 4.83. The highest BCUT2D eigenvalue weighted by atomic mass is 35.5. The zero-order valence-electron chi connectivity index (χ0n) is 14.9. The molecule has 0 aromatic heterocycles. The van der Waals surface area contributed by atoms with E-state index in [2.05, 4.69) is 34.5 Å². The topological polar surface area (TPSA) is 32.3 Å². The van der Waals surface area contributed by atoms with Gasteiger partial charge in [0, 0.05) is 23.8 Å². The first kappa shape index (κ1) is 18.0. The molecule has 132 valence electrons. The van der Waals surface area contributed by atoms with E-state index >= 15 is 0 Å². The molecule has 0 saturated carbocycles. The van der Waals surface area contributed by atoms with Crippen molar-refractivity contribution in [2.24, 2.45) is 5.92 Å². The van der Waals surface area contributed by atoms with Crippen LogP contribution in [0.3, 0.4) is 0 Å². The molecule has 0 radical (unpaired) electrons. The molecule has 4 heteroatoms. The number of halogens is 1. The number of piperidine rings is 1. The van der Waals surface area contributed by atoms with Crippen molar-refractivity contribution >= 4 is 23.2 Å². The minimum absolute atomic E-state index is 0.0426. The van der Waals surface area contributed by atoms with Gasteiger partial charge in [0.2, 0.25) is 5.91 Å². The SMILES string of the molecule is Cc1ccc(C)c(NC(=O)[C@@H]2CCCN(Cc3ccc(Cl)cc3)C2)c1. The summed E-state index contributed by atoms with van der Waals surface area (Å²) in [5.74, 6) is 0.176. The maximum Gasteiger partial charge on any atom is 0.228 e. The summed E-state index contributed by atoms with van der Waals surface area (Å²) in [6, 6.07) is 14.1. The fourth-order valence-corrected chi connectivity index (χ4v) is 3.49. The average Bonchev–Trinajstić information content (AvgIpc) is 2.60. The van der Waals surface area contributed by atoms with Gasteiger partial charge in [-0.1, -0.05) is 35.9 Å². The number of hydrogen-bond donors (Lipinski definition) is 1. The van der Waals surface area contributed by atoms with Crippen LogP contribution >= 0.6 is 11.6 Å². The summed E-state index contributed by atoms with van der Waals surface area (Å²) in [5, 5.41) is 3.89. The maximum atomic E-state index is 12.7. The average molecular weight is 357 g/mol. The van der Waals surface area contributed by atoms with Crippen LogP contribution in [-0.4, -0.2) is 23.9 Å².